The van der Waals surface area contributed by atoms with Crippen LogP contribution in [0.4, 0.5) is 5.69 Å². The monoisotopic (exact) mass is 305 g/mol. The first kappa shape index (κ1) is 18.0. The Morgan fingerprint density at radius 1 is 1.14 bits per heavy atom. The number of amides is 2. The summed E-state index contributed by atoms with van der Waals surface area (Å²) < 4.78 is 0. The smallest absolute Gasteiger partial charge is 0.242 e. The number of carbonyl (C=O) groups excluding carboxylic acids is 2. The maximum atomic E-state index is 12.0. The van der Waals surface area contributed by atoms with E-state index in [-0.39, 0.29) is 11.8 Å². The number of rotatable bonds is 5. The van der Waals surface area contributed by atoms with Gasteiger partial charge in [0, 0.05) is 31.7 Å². The third-order valence-electron chi connectivity index (χ3n) is 3.34. The van der Waals surface area contributed by atoms with Crippen molar-refractivity contribution in [3.05, 3.63) is 29.8 Å². The molecule has 1 aromatic rings. The van der Waals surface area contributed by atoms with Gasteiger partial charge in [-0.25, -0.2) is 0 Å². The summed E-state index contributed by atoms with van der Waals surface area (Å²) in [5, 5.41) is 5.56. The van der Waals surface area contributed by atoms with Crippen molar-refractivity contribution in [1.82, 2.24) is 10.6 Å². The normalized spacial score (nSPS) is 12.5. The molecule has 122 valence electrons. The molecule has 5 nitrogen and oxygen atoms in total. The second kappa shape index (κ2) is 7.29. The highest BCUT2D eigenvalue weighted by molar-refractivity contribution is 5.89. The van der Waals surface area contributed by atoms with Crippen LogP contribution in [0.3, 0.4) is 0 Å². The fourth-order valence-electron chi connectivity index (χ4n) is 1.73. The number of nitrogens with zero attached hydrogens (tertiary/aromatic N) is 1. The predicted octanol–water partition coefficient (Wildman–Crippen LogP) is 1.92. The lowest BCUT2D eigenvalue weighted by Crippen LogP contribution is -2.48. The number of hydrogen-bond acceptors (Lipinski definition) is 3. The molecular weight excluding hydrogens is 278 g/mol. The van der Waals surface area contributed by atoms with Crippen LogP contribution in [0.15, 0.2) is 24.3 Å². The van der Waals surface area contributed by atoms with E-state index in [2.05, 4.69) is 10.6 Å². The zero-order valence-electron chi connectivity index (χ0n) is 14.4. The van der Waals surface area contributed by atoms with E-state index >= 15 is 0 Å². The fraction of sp³-hybridized carbons (Fsp3) is 0.529. The van der Waals surface area contributed by atoms with Gasteiger partial charge in [-0.05, 0) is 24.6 Å². The molecule has 0 radical (unpaired) electrons. The average molecular weight is 305 g/mol. The van der Waals surface area contributed by atoms with Gasteiger partial charge < -0.3 is 15.5 Å². The molecule has 0 bridgehead atoms. The van der Waals surface area contributed by atoms with E-state index in [1.165, 1.54) is 0 Å². The molecule has 1 atom stereocenters. The predicted molar refractivity (Wildman–Crippen MR) is 89.7 cm³/mol. The second-order valence-electron chi connectivity index (χ2n) is 6.72. The summed E-state index contributed by atoms with van der Waals surface area (Å²) in [6.45, 7) is 7.59. The summed E-state index contributed by atoms with van der Waals surface area (Å²) in [6.07, 6.45) is 0. The minimum absolute atomic E-state index is 0.134. The van der Waals surface area contributed by atoms with Gasteiger partial charge in [-0.3, -0.25) is 9.59 Å². The number of anilines is 1. The van der Waals surface area contributed by atoms with E-state index < -0.39 is 11.5 Å². The summed E-state index contributed by atoms with van der Waals surface area (Å²) in [5.41, 5.74) is 1.63. The zero-order chi connectivity index (χ0) is 16.9. The molecule has 5 heteroatoms. The van der Waals surface area contributed by atoms with Crippen molar-refractivity contribution >= 4 is 17.5 Å². The first-order chi connectivity index (χ1) is 10.1. The van der Waals surface area contributed by atoms with E-state index in [4.69, 9.17) is 0 Å². The van der Waals surface area contributed by atoms with Crippen molar-refractivity contribution in [2.24, 2.45) is 5.41 Å². The second-order valence-corrected chi connectivity index (χ2v) is 6.72. The van der Waals surface area contributed by atoms with Gasteiger partial charge in [0.05, 0.1) is 0 Å². The summed E-state index contributed by atoms with van der Waals surface area (Å²) >= 11 is 0. The van der Waals surface area contributed by atoms with Crippen molar-refractivity contribution < 1.29 is 9.59 Å². The molecule has 0 spiro atoms. The van der Waals surface area contributed by atoms with Crippen molar-refractivity contribution in [3.63, 3.8) is 0 Å². The van der Waals surface area contributed by atoms with Gasteiger partial charge >= 0.3 is 0 Å². The highest BCUT2D eigenvalue weighted by atomic mass is 16.2. The Balaban J connectivity index is 2.50. The molecule has 1 unspecified atom stereocenters. The van der Waals surface area contributed by atoms with E-state index in [9.17, 15) is 9.59 Å². The third kappa shape index (κ3) is 5.39. The Labute approximate surface area is 133 Å². The number of nitrogens with one attached hydrogen (secondary N) is 2. The summed E-state index contributed by atoms with van der Waals surface area (Å²) in [7, 11) is 3.97. The number of hydrogen-bond donors (Lipinski definition) is 2. The quantitative estimate of drug-likeness (QED) is 0.873. The Kier molecular flexibility index (Phi) is 5.97. The van der Waals surface area contributed by atoms with Crippen molar-refractivity contribution in [1.29, 1.82) is 0 Å². The largest absolute Gasteiger partial charge is 0.378 e. The molecule has 0 saturated heterocycles. The molecule has 2 amide bonds. The van der Waals surface area contributed by atoms with Crippen LogP contribution >= 0.6 is 0 Å². The third-order valence-corrected chi connectivity index (χ3v) is 3.34. The van der Waals surface area contributed by atoms with Gasteiger partial charge in [0.15, 0.2) is 0 Å². The van der Waals surface area contributed by atoms with Gasteiger partial charge in [-0.2, -0.15) is 0 Å². The molecule has 0 aliphatic rings. The fourth-order valence-corrected chi connectivity index (χ4v) is 1.73. The van der Waals surface area contributed by atoms with Gasteiger partial charge in [-0.15, -0.1) is 0 Å². The van der Waals surface area contributed by atoms with E-state index in [0.717, 1.165) is 11.3 Å². The highest BCUT2D eigenvalue weighted by Crippen LogP contribution is 2.13. The Hall–Kier alpha value is -2.04. The van der Waals surface area contributed by atoms with Crippen LogP contribution in [0, 0.1) is 5.41 Å². The van der Waals surface area contributed by atoms with Crippen molar-refractivity contribution in [3.8, 4) is 0 Å². The molecule has 0 aliphatic heterocycles. The maximum Gasteiger partial charge on any atom is 0.242 e. The van der Waals surface area contributed by atoms with E-state index in [1.807, 2.05) is 64.0 Å². The summed E-state index contributed by atoms with van der Waals surface area (Å²) in [6, 6.07) is 7.42. The lowest BCUT2D eigenvalue weighted by atomic mass is 9.95. The maximum absolute atomic E-state index is 12.0. The molecular formula is C17H27N3O2. The van der Waals surface area contributed by atoms with Crippen LogP contribution in [-0.2, 0) is 16.1 Å². The van der Waals surface area contributed by atoms with Crippen LogP contribution in [0.2, 0.25) is 0 Å². The summed E-state index contributed by atoms with van der Waals surface area (Å²) in [5.74, 6) is -0.320. The highest BCUT2D eigenvalue weighted by Gasteiger charge is 2.24. The van der Waals surface area contributed by atoms with Gasteiger partial charge in [0.1, 0.15) is 6.04 Å². The first-order valence-electron chi connectivity index (χ1n) is 7.46. The number of benzene rings is 1. The van der Waals surface area contributed by atoms with Gasteiger partial charge in [-0.1, -0.05) is 32.9 Å². The number of carbonyl (C=O) groups is 2. The Morgan fingerprint density at radius 2 is 1.68 bits per heavy atom. The Morgan fingerprint density at radius 3 is 2.14 bits per heavy atom. The lowest BCUT2D eigenvalue weighted by Gasteiger charge is -2.21. The van der Waals surface area contributed by atoms with Gasteiger partial charge in [0.25, 0.3) is 0 Å². The SMILES string of the molecule is CC(NC(=O)C(C)(C)C)C(=O)NCc1ccc(N(C)C)cc1. The molecule has 0 aliphatic carbocycles. The standard InChI is InChI=1S/C17H27N3O2/c1-12(19-16(22)17(2,3)4)15(21)18-11-13-7-9-14(10-8-13)20(5)6/h7-10,12H,11H2,1-6H3,(H,18,21)(H,19,22). The van der Waals surface area contributed by atoms with Gasteiger partial charge in [0.2, 0.25) is 11.8 Å². The molecule has 0 fully saturated rings. The van der Waals surface area contributed by atoms with Crippen LogP contribution in [0.5, 0.6) is 0 Å². The molecule has 1 aromatic carbocycles. The van der Waals surface area contributed by atoms with E-state index in [0.29, 0.717) is 6.54 Å². The molecule has 0 saturated carbocycles. The molecule has 2 N–H and O–H groups in total. The topological polar surface area (TPSA) is 61.4 Å². The molecule has 1 rings (SSSR count). The zero-order valence-corrected chi connectivity index (χ0v) is 14.4. The average Bonchev–Trinajstić information content (AvgIpc) is 2.43. The lowest BCUT2D eigenvalue weighted by molar-refractivity contribution is -0.133. The summed E-state index contributed by atoms with van der Waals surface area (Å²) in [4.78, 5) is 25.9. The van der Waals surface area contributed by atoms with Crippen molar-refractivity contribution in [2.75, 3.05) is 19.0 Å². The van der Waals surface area contributed by atoms with E-state index in [1.54, 1.807) is 6.92 Å². The molecule has 0 aromatic heterocycles. The van der Waals surface area contributed by atoms with Crippen LogP contribution in [0.1, 0.15) is 33.3 Å². The minimum Gasteiger partial charge on any atom is -0.378 e. The first-order valence-corrected chi connectivity index (χ1v) is 7.46. The molecule has 22 heavy (non-hydrogen) atoms. The van der Waals surface area contributed by atoms with Crippen LogP contribution in [-0.4, -0.2) is 32.0 Å². The Bertz CT molecular complexity index is 516. The van der Waals surface area contributed by atoms with Crippen LogP contribution in [0.25, 0.3) is 0 Å². The minimum atomic E-state index is -0.548. The van der Waals surface area contributed by atoms with Crippen LogP contribution < -0.4 is 15.5 Å². The van der Waals surface area contributed by atoms with Crippen molar-refractivity contribution in [2.45, 2.75) is 40.3 Å². The molecule has 0 heterocycles.